The lowest BCUT2D eigenvalue weighted by atomic mass is 10.0. The lowest BCUT2D eigenvalue weighted by molar-refractivity contribution is -0.153. The summed E-state index contributed by atoms with van der Waals surface area (Å²) >= 11 is 0. The van der Waals surface area contributed by atoms with Crippen molar-refractivity contribution in [1.82, 2.24) is 0 Å². The first kappa shape index (κ1) is 16.3. The zero-order valence-corrected chi connectivity index (χ0v) is 12.1. The highest BCUT2D eigenvalue weighted by atomic mass is 16.5. The number of esters is 1. The summed E-state index contributed by atoms with van der Waals surface area (Å²) in [6.07, 6.45) is -1.38. The Morgan fingerprint density at radius 2 is 1.75 bits per heavy atom. The Balaban J connectivity index is 3.19. The van der Waals surface area contributed by atoms with Crippen LogP contribution in [0.2, 0.25) is 0 Å². The van der Waals surface area contributed by atoms with Crippen molar-refractivity contribution in [2.45, 2.75) is 19.6 Å². The molecule has 1 rings (SSSR count). The third kappa shape index (κ3) is 3.61. The fourth-order valence-electron chi connectivity index (χ4n) is 1.81. The zero-order chi connectivity index (χ0) is 15.1. The van der Waals surface area contributed by atoms with E-state index in [-0.39, 0.29) is 6.61 Å². The Morgan fingerprint density at radius 3 is 2.15 bits per heavy atom. The molecular formula is C14H20O6. The second kappa shape index (κ2) is 7.72. The van der Waals surface area contributed by atoms with Crippen molar-refractivity contribution in [3.05, 3.63) is 23.3 Å². The minimum Gasteiger partial charge on any atom is -0.496 e. The van der Waals surface area contributed by atoms with Crippen LogP contribution in [0, 0.1) is 0 Å². The number of aliphatic hydroxyl groups is 1. The molecule has 20 heavy (non-hydrogen) atoms. The van der Waals surface area contributed by atoms with Gasteiger partial charge in [0.15, 0.2) is 6.10 Å². The lowest BCUT2D eigenvalue weighted by Crippen LogP contribution is -2.16. The smallest absolute Gasteiger partial charge is 0.339 e. The number of hydrogen-bond donors (Lipinski definition) is 1. The molecule has 0 aliphatic carbocycles. The number of rotatable bonds is 7. The summed E-state index contributed by atoms with van der Waals surface area (Å²) in [5.74, 6) is 0.241. The van der Waals surface area contributed by atoms with Crippen LogP contribution in [0.25, 0.3) is 0 Å². The van der Waals surface area contributed by atoms with Crippen molar-refractivity contribution < 1.29 is 28.8 Å². The first-order valence-corrected chi connectivity index (χ1v) is 6.17. The first-order chi connectivity index (χ1) is 9.58. The molecule has 0 spiro atoms. The summed E-state index contributed by atoms with van der Waals surface area (Å²) in [7, 11) is 4.54. The molecule has 0 aromatic heterocycles. The predicted octanol–water partition coefficient (Wildman–Crippen LogP) is 1.45. The minimum atomic E-state index is -1.38. The summed E-state index contributed by atoms with van der Waals surface area (Å²) in [6.45, 7) is 2.17. The van der Waals surface area contributed by atoms with E-state index in [9.17, 15) is 9.90 Å². The molecule has 1 aromatic carbocycles. The molecule has 112 valence electrons. The molecule has 0 amide bonds. The standard InChI is InChI=1S/C14H20O6/c1-5-20-14(16)13(15)9-6-11(18-3)10(8-17-2)12(7-9)19-4/h6-7,13,15H,5,8H2,1-4H3. The van der Waals surface area contributed by atoms with E-state index >= 15 is 0 Å². The molecule has 0 saturated carbocycles. The highest BCUT2D eigenvalue weighted by Gasteiger charge is 2.22. The van der Waals surface area contributed by atoms with Gasteiger partial charge in [-0.2, -0.15) is 0 Å². The van der Waals surface area contributed by atoms with Crippen LogP contribution in [0.15, 0.2) is 12.1 Å². The number of benzene rings is 1. The summed E-state index contributed by atoms with van der Waals surface area (Å²) in [5, 5.41) is 9.96. The fourth-order valence-corrected chi connectivity index (χ4v) is 1.81. The van der Waals surface area contributed by atoms with E-state index in [2.05, 4.69) is 0 Å². The Bertz CT molecular complexity index is 432. The summed E-state index contributed by atoms with van der Waals surface area (Å²) in [4.78, 5) is 11.6. The summed E-state index contributed by atoms with van der Waals surface area (Å²) in [6, 6.07) is 3.14. The molecule has 6 heteroatoms. The number of ether oxygens (including phenoxy) is 4. The molecule has 1 unspecified atom stereocenters. The predicted molar refractivity (Wildman–Crippen MR) is 71.9 cm³/mol. The van der Waals surface area contributed by atoms with Crippen molar-refractivity contribution in [1.29, 1.82) is 0 Å². The fraction of sp³-hybridized carbons (Fsp3) is 0.500. The van der Waals surface area contributed by atoms with Gasteiger partial charge >= 0.3 is 5.97 Å². The summed E-state index contributed by atoms with van der Waals surface area (Å²) < 4.78 is 20.4. The van der Waals surface area contributed by atoms with Crippen molar-refractivity contribution >= 4 is 5.97 Å². The monoisotopic (exact) mass is 284 g/mol. The summed E-state index contributed by atoms with van der Waals surface area (Å²) in [5.41, 5.74) is 1.05. The van der Waals surface area contributed by atoms with Gasteiger partial charge < -0.3 is 24.1 Å². The van der Waals surface area contributed by atoms with Crippen LogP contribution in [-0.4, -0.2) is 39.0 Å². The topological polar surface area (TPSA) is 74.2 Å². The van der Waals surface area contributed by atoms with Crippen LogP contribution >= 0.6 is 0 Å². The maximum Gasteiger partial charge on any atom is 0.339 e. The highest BCUT2D eigenvalue weighted by molar-refractivity contribution is 5.76. The van der Waals surface area contributed by atoms with E-state index in [1.54, 1.807) is 26.2 Å². The van der Waals surface area contributed by atoms with E-state index in [1.165, 1.54) is 14.2 Å². The molecule has 0 aliphatic rings. The van der Waals surface area contributed by atoms with E-state index in [4.69, 9.17) is 18.9 Å². The Morgan fingerprint density at radius 1 is 1.20 bits per heavy atom. The number of aliphatic hydroxyl groups excluding tert-OH is 1. The van der Waals surface area contributed by atoms with Gasteiger partial charge in [-0.15, -0.1) is 0 Å². The molecule has 1 aromatic rings. The van der Waals surface area contributed by atoms with E-state index < -0.39 is 12.1 Å². The average molecular weight is 284 g/mol. The van der Waals surface area contributed by atoms with Crippen LogP contribution in [-0.2, 0) is 20.9 Å². The van der Waals surface area contributed by atoms with Crippen molar-refractivity contribution in [3.63, 3.8) is 0 Å². The van der Waals surface area contributed by atoms with Crippen LogP contribution in [0.4, 0.5) is 0 Å². The Hall–Kier alpha value is -1.79. The molecule has 1 N–H and O–H groups in total. The van der Waals surface area contributed by atoms with Gasteiger partial charge in [0.25, 0.3) is 0 Å². The van der Waals surface area contributed by atoms with Crippen molar-refractivity contribution in [3.8, 4) is 11.5 Å². The number of carbonyl (C=O) groups excluding carboxylic acids is 1. The van der Waals surface area contributed by atoms with Crippen LogP contribution in [0.3, 0.4) is 0 Å². The highest BCUT2D eigenvalue weighted by Crippen LogP contribution is 2.33. The van der Waals surface area contributed by atoms with E-state index in [1.807, 2.05) is 0 Å². The third-order valence-electron chi connectivity index (χ3n) is 2.74. The maximum absolute atomic E-state index is 11.6. The zero-order valence-electron chi connectivity index (χ0n) is 12.1. The van der Waals surface area contributed by atoms with Crippen molar-refractivity contribution in [2.24, 2.45) is 0 Å². The normalized spacial score (nSPS) is 11.8. The molecule has 1 atom stereocenters. The quantitative estimate of drug-likeness (QED) is 0.764. The maximum atomic E-state index is 11.6. The van der Waals surface area contributed by atoms with E-state index in [0.29, 0.717) is 29.2 Å². The average Bonchev–Trinajstić information content (AvgIpc) is 2.47. The first-order valence-electron chi connectivity index (χ1n) is 6.17. The lowest BCUT2D eigenvalue weighted by Gasteiger charge is -2.17. The number of carbonyl (C=O) groups is 1. The Labute approximate surface area is 118 Å². The van der Waals surface area contributed by atoms with Gasteiger partial charge in [-0.1, -0.05) is 0 Å². The molecule has 0 radical (unpaired) electrons. The second-order valence-corrected chi connectivity index (χ2v) is 3.99. The van der Waals surface area contributed by atoms with E-state index in [0.717, 1.165) is 0 Å². The van der Waals surface area contributed by atoms with Gasteiger partial charge in [-0.25, -0.2) is 4.79 Å². The van der Waals surface area contributed by atoms with Gasteiger partial charge in [-0.3, -0.25) is 0 Å². The van der Waals surface area contributed by atoms with Gasteiger partial charge in [0, 0.05) is 7.11 Å². The van der Waals surface area contributed by atoms with Crippen LogP contribution < -0.4 is 9.47 Å². The molecule has 0 bridgehead atoms. The number of hydrogen-bond acceptors (Lipinski definition) is 6. The van der Waals surface area contributed by atoms with Crippen LogP contribution in [0.5, 0.6) is 11.5 Å². The largest absolute Gasteiger partial charge is 0.496 e. The Kier molecular flexibility index (Phi) is 6.27. The van der Waals surface area contributed by atoms with Crippen molar-refractivity contribution in [2.75, 3.05) is 27.9 Å². The van der Waals surface area contributed by atoms with Gasteiger partial charge in [0.2, 0.25) is 0 Å². The number of methoxy groups -OCH3 is 3. The SMILES string of the molecule is CCOC(=O)C(O)c1cc(OC)c(COC)c(OC)c1. The van der Waals surface area contributed by atoms with Gasteiger partial charge in [0.1, 0.15) is 11.5 Å². The molecule has 0 fully saturated rings. The second-order valence-electron chi connectivity index (χ2n) is 3.99. The molecule has 0 heterocycles. The van der Waals surface area contributed by atoms with Gasteiger partial charge in [0.05, 0.1) is 33.0 Å². The van der Waals surface area contributed by atoms with Crippen LogP contribution in [0.1, 0.15) is 24.2 Å². The van der Waals surface area contributed by atoms with Gasteiger partial charge in [-0.05, 0) is 24.6 Å². The molecular weight excluding hydrogens is 264 g/mol. The molecule has 6 nitrogen and oxygen atoms in total. The minimum absolute atomic E-state index is 0.200. The molecule has 0 aliphatic heterocycles. The third-order valence-corrected chi connectivity index (χ3v) is 2.74. The molecule has 0 saturated heterocycles.